The molecule has 1 aromatic carbocycles. The number of nitriles is 1. The number of methoxy groups -OCH3 is 1. The molecule has 0 radical (unpaired) electrons. The van der Waals surface area contributed by atoms with Gasteiger partial charge in [-0.15, -0.1) is 0 Å². The van der Waals surface area contributed by atoms with Crippen LogP contribution < -0.4 is 4.74 Å². The smallest absolute Gasteiger partial charge is 0.328 e. The Kier molecular flexibility index (Phi) is 3.99. The normalized spacial score (nSPS) is 10.0. The van der Waals surface area contributed by atoms with Crippen LogP contribution in [0.15, 0.2) is 18.2 Å². The molecule has 7 nitrogen and oxygen atoms in total. The van der Waals surface area contributed by atoms with Crippen LogP contribution in [0, 0.1) is 21.4 Å². The molecule has 0 spiro atoms. The quantitative estimate of drug-likeness (QED) is 0.491. The van der Waals surface area contributed by atoms with Gasteiger partial charge in [0.25, 0.3) is 0 Å². The Labute approximate surface area is 102 Å². The SMILES string of the molecule is COc1cc(/C=C/C(=O)O)cc(C#N)c1[N+](=O)[O-]. The van der Waals surface area contributed by atoms with E-state index in [4.69, 9.17) is 15.1 Å². The number of hydrogen-bond donors (Lipinski definition) is 1. The Morgan fingerprint density at radius 3 is 2.72 bits per heavy atom. The van der Waals surface area contributed by atoms with E-state index < -0.39 is 16.6 Å². The summed E-state index contributed by atoms with van der Waals surface area (Å²) in [6, 6.07) is 4.19. The average molecular weight is 248 g/mol. The molecule has 0 aliphatic rings. The molecule has 18 heavy (non-hydrogen) atoms. The second-order valence-electron chi connectivity index (χ2n) is 3.16. The van der Waals surface area contributed by atoms with Crippen molar-refractivity contribution in [2.45, 2.75) is 0 Å². The number of carboxylic acids is 1. The molecule has 0 bridgehead atoms. The van der Waals surface area contributed by atoms with Crippen molar-refractivity contribution in [2.24, 2.45) is 0 Å². The van der Waals surface area contributed by atoms with E-state index in [0.717, 1.165) is 6.08 Å². The Hall–Kier alpha value is -2.88. The van der Waals surface area contributed by atoms with Crippen LogP contribution in [0.1, 0.15) is 11.1 Å². The minimum Gasteiger partial charge on any atom is -0.490 e. The van der Waals surface area contributed by atoms with Gasteiger partial charge in [-0.2, -0.15) is 5.26 Å². The molecule has 0 amide bonds. The van der Waals surface area contributed by atoms with Gasteiger partial charge in [-0.3, -0.25) is 10.1 Å². The third-order valence-corrected chi connectivity index (χ3v) is 2.04. The highest BCUT2D eigenvalue weighted by Crippen LogP contribution is 2.32. The van der Waals surface area contributed by atoms with Crippen molar-refractivity contribution in [2.75, 3.05) is 7.11 Å². The van der Waals surface area contributed by atoms with Crippen molar-refractivity contribution in [3.05, 3.63) is 39.4 Å². The molecule has 0 atom stereocenters. The van der Waals surface area contributed by atoms with Gasteiger partial charge in [-0.1, -0.05) is 0 Å². The minimum atomic E-state index is -1.16. The van der Waals surface area contributed by atoms with Crippen LogP contribution in [0.4, 0.5) is 5.69 Å². The maximum absolute atomic E-state index is 10.8. The Balaban J connectivity index is 3.41. The van der Waals surface area contributed by atoms with E-state index in [1.807, 2.05) is 0 Å². The van der Waals surface area contributed by atoms with Crippen molar-refractivity contribution >= 4 is 17.7 Å². The lowest BCUT2D eigenvalue weighted by Gasteiger charge is -2.04. The molecule has 0 unspecified atom stereocenters. The number of aliphatic carboxylic acids is 1. The van der Waals surface area contributed by atoms with Crippen LogP contribution in [0.2, 0.25) is 0 Å². The highest BCUT2D eigenvalue weighted by atomic mass is 16.6. The van der Waals surface area contributed by atoms with Gasteiger partial charge in [-0.05, 0) is 23.8 Å². The fraction of sp³-hybridized carbons (Fsp3) is 0.0909. The summed E-state index contributed by atoms with van der Waals surface area (Å²) in [4.78, 5) is 20.4. The van der Waals surface area contributed by atoms with Crippen LogP contribution >= 0.6 is 0 Å². The number of carbonyl (C=O) groups is 1. The third-order valence-electron chi connectivity index (χ3n) is 2.04. The lowest BCUT2D eigenvalue weighted by Crippen LogP contribution is -1.98. The summed E-state index contributed by atoms with van der Waals surface area (Å²) in [6.07, 6.45) is 2.08. The Bertz CT molecular complexity index is 572. The standard InChI is InChI=1S/C11H8N2O5/c1-18-9-5-7(2-3-10(14)15)4-8(6-12)11(9)13(16)17/h2-5H,1H3,(H,14,15)/b3-2+. The number of ether oxygens (including phenoxy) is 1. The van der Waals surface area contributed by atoms with Crippen LogP contribution in [0.3, 0.4) is 0 Å². The van der Waals surface area contributed by atoms with Crippen LogP contribution in [0.5, 0.6) is 5.75 Å². The predicted octanol–water partition coefficient (Wildman–Crippen LogP) is 1.57. The Morgan fingerprint density at radius 1 is 1.61 bits per heavy atom. The number of hydrogen-bond acceptors (Lipinski definition) is 5. The van der Waals surface area contributed by atoms with Crippen molar-refractivity contribution < 1.29 is 19.6 Å². The molecule has 92 valence electrons. The predicted molar refractivity (Wildman–Crippen MR) is 61.0 cm³/mol. The van der Waals surface area contributed by atoms with Crippen LogP contribution in [-0.4, -0.2) is 23.1 Å². The first-order chi connectivity index (χ1) is 8.49. The lowest BCUT2D eigenvalue weighted by molar-refractivity contribution is -0.386. The monoisotopic (exact) mass is 248 g/mol. The molecule has 0 aromatic heterocycles. The maximum atomic E-state index is 10.8. The van der Waals surface area contributed by atoms with Gasteiger partial charge in [0, 0.05) is 6.08 Å². The fourth-order valence-electron chi connectivity index (χ4n) is 1.32. The number of benzene rings is 1. The highest BCUT2D eigenvalue weighted by molar-refractivity contribution is 5.85. The molecule has 1 aromatic rings. The molecule has 0 saturated heterocycles. The molecule has 0 saturated carbocycles. The zero-order valence-corrected chi connectivity index (χ0v) is 9.28. The third kappa shape index (κ3) is 2.82. The molecule has 7 heteroatoms. The number of rotatable bonds is 4. The largest absolute Gasteiger partial charge is 0.490 e. The van der Waals surface area contributed by atoms with Crippen LogP contribution in [0.25, 0.3) is 6.08 Å². The van der Waals surface area contributed by atoms with E-state index in [-0.39, 0.29) is 11.3 Å². The topological polar surface area (TPSA) is 113 Å². The molecule has 0 heterocycles. The van der Waals surface area contributed by atoms with Crippen molar-refractivity contribution in [1.29, 1.82) is 5.26 Å². The van der Waals surface area contributed by atoms with Gasteiger partial charge >= 0.3 is 11.7 Å². The van der Waals surface area contributed by atoms with Crippen LogP contribution in [-0.2, 0) is 4.79 Å². The number of carboxylic acid groups (broad SMARTS) is 1. The fourth-order valence-corrected chi connectivity index (χ4v) is 1.32. The first-order valence-electron chi connectivity index (χ1n) is 4.67. The summed E-state index contributed by atoms with van der Waals surface area (Å²) in [5.74, 6) is -1.25. The lowest BCUT2D eigenvalue weighted by atomic mass is 10.1. The van der Waals surface area contributed by atoms with Crippen molar-refractivity contribution in [1.82, 2.24) is 0 Å². The highest BCUT2D eigenvalue weighted by Gasteiger charge is 2.21. The van der Waals surface area contributed by atoms with Crippen molar-refractivity contribution in [3.63, 3.8) is 0 Å². The van der Waals surface area contributed by atoms with E-state index in [2.05, 4.69) is 0 Å². The summed E-state index contributed by atoms with van der Waals surface area (Å²) >= 11 is 0. The zero-order chi connectivity index (χ0) is 13.7. The average Bonchev–Trinajstić information content (AvgIpc) is 2.34. The Morgan fingerprint density at radius 2 is 2.28 bits per heavy atom. The van der Waals surface area contributed by atoms with E-state index >= 15 is 0 Å². The van der Waals surface area contributed by atoms with E-state index in [1.54, 1.807) is 6.07 Å². The molecule has 1 rings (SSSR count). The molecule has 1 N–H and O–H groups in total. The number of nitrogens with zero attached hydrogens (tertiary/aromatic N) is 2. The van der Waals surface area contributed by atoms with Gasteiger partial charge in [0.2, 0.25) is 0 Å². The summed E-state index contributed by atoms with van der Waals surface area (Å²) in [6.45, 7) is 0. The van der Waals surface area contributed by atoms with E-state index in [1.165, 1.54) is 25.3 Å². The molecule has 0 fully saturated rings. The number of nitro groups is 1. The van der Waals surface area contributed by atoms with Gasteiger partial charge in [0.1, 0.15) is 11.6 Å². The van der Waals surface area contributed by atoms with E-state index in [0.29, 0.717) is 5.56 Å². The van der Waals surface area contributed by atoms with Gasteiger partial charge in [-0.25, -0.2) is 4.79 Å². The maximum Gasteiger partial charge on any atom is 0.328 e. The second kappa shape index (κ2) is 5.45. The van der Waals surface area contributed by atoms with Gasteiger partial charge in [0.05, 0.1) is 12.0 Å². The number of nitro benzene ring substituents is 1. The van der Waals surface area contributed by atoms with Gasteiger partial charge < -0.3 is 9.84 Å². The van der Waals surface area contributed by atoms with E-state index in [9.17, 15) is 14.9 Å². The summed E-state index contributed by atoms with van der Waals surface area (Å²) in [5, 5.41) is 28.1. The molecule has 0 aliphatic carbocycles. The summed E-state index contributed by atoms with van der Waals surface area (Å²) in [7, 11) is 1.23. The molecule has 0 aliphatic heterocycles. The first kappa shape index (κ1) is 13.2. The molecular formula is C11H8N2O5. The second-order valence-corrected chi connectivity index (χ2v) is 3.16. The van der Waals surface area contributed by atoms with Gasteiger partial charge in [0.15, 0.2) is 5.75 Å². The summed E-state index contributed by atoms with van der Waals surface area (Å²) in [5.41, 5.74) is -0.298. The first-order valence-corrected chi connectivity index (χ1v) is 4.67. The molecular weight excluding hydrogens is 240 g/mol. The summed E-state index contributed by atoms with van der Waals surface area (Å²) < 4.78 is 4.82. The van der Waals surface area contributed by atoms with Crippen molar-refractivity contribution in [3.8, 4) is 11.8 Å². The minimum absolute atomic E-state index is 0.0934. The zero-order valence-electron chi connectivity index (χ0n) is 9.28.